The molecule has 6 heteroatoms. The predicted molar refractivity (Wildman–Crippen MR) is 90.1 cm³/mol. The Labute approximate surface area is 143 Å². The van der Waals surface area contributed by atoms with Gasteiger partial charge in [0.1, 0.15) is 6.54 Å². The van der Waals surface area contributed by atoms with Gasteiger partial charge in [-0.2, -0.15) is 0 Å². The van der Waals surface area contributed by atoms with Gasteiger partial charge in [0.2, 0.25) is 5.91 Å². The highest BCUT2D eigenvalue weighted by Gasteiger charge is 2.40. The van der Waals surface area contributed by atoms with E-state index in [0.29, 0.717) is 32.8 Å². The molecule has 1 aromatic heterocycles. The van der Waals surface area contributed by atoms with Crippen LogP contribution in [0, 0.1) is 0 Å². The second-order valence-corrected chi connectivity index (χ2v) is 7.05. The molecule has 4 rings (SSSR count). The third-order valence-corrected chi connectivity index (χ3v) is 5.22. The highest BCUT2D eigenvalue weighted by Crippen LogP contribution is 2.31. The smallest absolute Gasteiger partial charge is 0.242 e. The van der Waals surface area contributed by atoms with Gasteiger partial charge in [0, 0.05) is 47.5 Å². The maximum atomic E-state index is 12.6. The summed E-state index contributed by atoms with van der Waals surface area (Å²) < 4.78 is 14.5. The molecule has 0 aliphatic carbocycles. The van der Waals surface area contributed by atoms with Crippen molar-refractivity contribution in [1.29, 1.82) is 0 Å². The SMILES string of the molecule is O=C(Cn1ccc2cc(Br)ccc21)N1CCC2(CC1)OCCO2. The van der Waals surface area contributed by atoms with Crippen LogP contribution < -0.4 is 0 Å². The summed E-state index contributed by atoms with van der Waals surface area (Å²) >= 11 is 3.48. The average molecular weight is 379 g/mol. The molecule has 5 nitrogen and oxygen atoms in total. The lowest BCUT2D eigenvalue weighted by atomic mass is 10.0. The van der Waals surface area contributed by atoms with Gasteiger partial charge in [-0.1, -0.05) is 15.9 Å². The molecule has 0 unspecified atom stereocenters. The third-order valence-electron chi connectivity index (χ3n) is 4.73. The molecule has 2 aliphatic rings. The van der Waals surface area contributed by atoms with Crippen LogP contribution in [0.25, 0.3) is 10.9 Å². The number of fused-ring (bicyclic) bond motifs is 1. The summed E-state index contributed by atoms with van der Waals surface area (Å²) in [6.07, 6.45) is 3.50. The summed E-state index contributed by atoms with van der Waals surface area (Å²) in [4.78, 5) is 14.5. The van der Waals surface area contributed by atoms with E-state index in [-0.39, 0.29) is 5.91 Å². The second kappa shape index (κ2) is 5.92. The molecular formula is C17H19BrN2O3. The van der Waals surface area contributed by atoms with Crippen LogP contribution in [0.3, 0.4) is 0 Å². The zero-order valence-corrected chi connectivity index (χ0v) is 14.4. The second-order valence-electron chi connectivity index (χ2n) is 6.14. The largest absolute Gasteiger partial charge is 0.347 e. The van der Waals surface area contributed by atoms with Crippen LogP contribution in [0.2, 0.25) is 0 Å². The van der Waals surface area contributed by atoms with E-state index < -0.39 is 5.79 Å². The third kappa shape index (κ3) is 2.91. The minimum absolute atomic E-state index is 0.151. The number of carbonyl (C=O) groups excluding carboxylic acids is 1. The number of aromatic nitrogens is 1. The molecule has 1 aromatic carbocycles. The van der Waals surface area contributed by atoms with Gasteiger partial charge in [0.15, 0.2) is 5.79 Å². The Hall–Kier alpha value is -1.37. The van der Waals surface area contributed by atoms with E-state index in [1.807, 2.05) is 33.9 Å². The average Bonchev–Trinajstić information content (AvgIpc) is 3.16. The summed E-state index contributed by atoms with van der Waals surface area (Å²) in [7, 11) is 0. The van der Waals surface area contributed by atoms with E-state index in [4.69, 9.17) is 9.47 Å². The monoisotopic (exact) mass is 378 g/mol. The summed E-state index contributed by atoms with van der Waals surface area (Å²) in [5, 5.41) is 1.14. The Morgan fingerprint density at radius 2 is 1.91 bits per heavy atom. The minimum Gasteiger partial charge on any atom is -0.347 e. The molecule has 3 heterocycles. The first-order valence-corrected chi connectivity index (χ1v) is 8.75. The van der Waals surface area contributed by atoms with Crippen LogP contribution in [0.1, 0.15) is 12.8 Å². The number of piperidine rings is 1. The van der Waals surface area contributed by atoms with Crippen molar-refractivity contribution in [3.05, 3.63) is 34.9 Å². The zero-order valence-electron chi connectivity index (χ0n) is 12.8. The molecule has 2 aliphatic heterocycles. The van der Waals surface area contributed by atoms with Crippen molar-refractivity contribution in [2.45, 2.75) is 25.2 Å². The molecule has 0 bridgehead atoms. The molecule has 0 atom stereocenters. The predicted octanol–water partition coefficient (Wildman–Crippen LogP) is 2.77. The lowest BCUT2D eigenvalue weighted by Crippen LogP contribution is -2.48. The summed E-state index contributed by atoms with van der Waals surface area (Å²) in [6.45, 7) is 3.10. The number of halogens is 1. The maximum absolute atomic E-state index is 12.6. The van der Waals surface area contributed by atoms with Gasteiger partial charge in [-0.25, -0.2) is 0 Å². The Morgan fingerprint density at radius 3 is 2.65 bits per heavy atom. The summed E-state index contributed by atoms with van der Waals surface area (Å²) in [6, 6.07) is 8.15. The molecule has 2 fully saturated rings. The van der Waals surface area contributed by atoms with Gasteiger partial charge in [0.25, 0.3) is 0 Å². The molecule has 23 heavy (non-hydrogen) atoms. The Balaban J connectivity index is 1.43. The van der Waals surface area contributed by atoms with Crippen LogP contribution >= 0.6 is 15.9 Å². The van der Waals surface area contributed by atoms with Crippen LogP contribution in [-0.2, 0) is 20.8 Å². The van der Waals surface area contributed by atoms with Crippen molar-refractivity contribution in [1.82, 2.24) is 9.47 Å². The van der Waals surface area contributed by atoms with Crippen molar-refractivity contribution >= 4 is 32.7 Å². The molecule has 0 N–H and O–H groups in total. The van der Waals surface area contributed by atoms with E-state index in [1.54, 1.807) is 0 Å². The highest BCUT2D eigenvalue weighted by atomic mass is 79.9. The van der Waals surface area contributed by atoms with Crippen LogP contribution in [-0.4, -0.2) is 47.5 Å². The number of benzene rings is 1. The Kier molecular flexibility index (Phi) is 3.91. The van der Waals surface area contributed by atoms with Gasteiger partial charge in [-0.05, 0) is 24.3 Å². The Morgan fingerprint density at radius 1 is 1.17 bits per heavy atom. The van der Waals surface area contributed by atoms with Crippen LogP contribution in [0.5, 0.6) is 0 Å². The molecule has 2 aromatic rings. The molecule has 1 amide bonds. The fraction of sp³-hybridized carbons (Fsp3) is 0.471. The van der Waals surface area contributed by atoms with E-state index in [9.17, 15) is 4.79 Å². The fourth-order valence-corrected chi connectivity index (χ4v) is 3.82. The van der Waals surface area contributed by atoms with Gasteiger partial charge in [-0.3, -0.25) is 4.79 Å². The standard InChI is InChI=1S/C17H19BrN2O3/c18-14-1-2-15-13(11-14)3-6-20(15)12-16(21)19-7-4-17(5-8-19)22-9-10-23-17/h1-3,6,11H,4-5,7-10,12H2. The molecule has 0 saturated carbocycles. The van der Waals surface area contributed by atoms with Crippen molar-refractivity contribution in [3.63, 3.8) is 0 Å². The highest BCUT2D eigenvalue weighted by molar-refractivity contribution is 9.10. The van der Waals surface area contributed by atoms with E-state index in [1.165, 1.54) is 0 Å². The van der Waals surface area contributed by atoms with Gasteiger partial charge in [0.05, 0.1) is 13.2 Å². The number of nitrogens with zero attached hydrogens (tertiary/aromatic N) is 2. The number of amides is 1. The van der Waals surface area contributed by atoms with Crippen LogP contribution in [0.4, 0.5) is 0 Å². The first-order valence-electron chi connectivity index (χ1n) is 7.95. The van der Waals surface area contributed by atoms with Crippen molar-refractivity contribution in [2.75, 3.05) is 26.3 Å². The van der Waals surface area contributed by atoms with E-state index >= 15 is 0 Å². The summed E-state index contributed by atoms with van der Waals surface area (Å²) in [5.41, 5.74) is 1.08. The first-order chi connectivity index (χ1) is 11.2. The van der Waals surface area contributed by atoms with Crippen LogP contribution in [0.15, 0.2) is 34.9 Å². The van der Waals surface area contributed by atoms with E-state index in [0.717, 1.165) is 28.2 Å². The zero-order chi connectivity index (χ0) is 15.9. The van der Waals surface area contributed by atoms with Gasteiger partial charge < -0.3 is 18.9 Å². The number of likely N-dealkylation sites (tertiary alicyclic amines) is 1. The van der Waals surface area contributed by atoms with Crippen molar-refractivity contribution < 1.29 is 14.3 Å². The lowest BCUT2D eigenvalue weighted by Gasteiger charge is -2.37. The molecule has 0 radical (unpaired) electrons. The lowest BCUT2D eigenvalue weighted by molar-refractivity contribution is -0.187. The normalized spacial score (nSPS) is 20.5. The molecule has 1 spiro atoms. The molecule has 122 valence electrons. The summed E-state index contributed by atoms with van der Waals surface area (Å²) in [5.74, 6) is -0.276. The van der Waals surface area contributed by atoms with Gasteiger partial charge >= 0.3 is 0 Å². The number of carbonyl (C=O) groups is 1. The Bertz CT molecular complexity index is 727. The fourth-order valence-electron chi connectivity index (χ4n) is 3.44. The molecule has 2 saturated heterocycles. The quantitative estimate of drug-likeness (QED) is 0.806. The van der Waals surface area contributed by atoms with E-state index in [2.05, 4.69) is 22.0 Å². The number of hydrogen-bond acceptors (Lipinski definition) is 3. The maximum Gasteiger partial charge on any atom is 0.242 e. The van der Waals surface area contributed by atoms with Gasteiger partial charge in [-0.15, -0.1) is 0 Å². The number of rotatable bonds is 2. The number of hydrogen-bond donors (Lipinski definition) is 0. The topological polar surface area (TPSA) is 43.7 Å². The number of ether oxygens (including phenoxy) is 2. The molecular weight excluding hydrogens is 360 g/mol. The first kappa shape index (κ1) is 15.2. The minimum atomic E-state index is -0.427. The van der Waals surface area contributed by atoms with Crippen molar-refractivity contribution in [2.24, 2.45) is 0 Å². The van der Waals surface area contributed by atoms with Crippen molar-refractivity contribution in [3.8, 4) is 0 Å².